The van der Waals surface area contributed by atoms with E-state index in [1.54, 1.807) is 6.08 Å². The number of rotatable bonds is 7. The fraction of sp³-hybridized carbons (Fsp3) is 0.550. The standard InChI is InChI=1S/C20H27ClN4O3/c21-15-1-5-17(6-2-15)25-11-9-24(10-12-25)13-18(26)14-28-19-7-3-16(4-8-19)23-20(22)27/h1,3-4,7,17-19,26H,5,8-14H2,(H3,22,23,27)/t17?,18-,19?/m0/s1. The van der Waals surface area contributed by atoms with E-state index in [0.717, 1.165) is 32.6 Å². The number of carbonyl (C=O) groups excluding carboxylic acids is 1. The fourth-order valence-corrected chi connectivity index (χ4v) is 3.66. The summed E-state index contributed by atoms with van der Waals surface area (Å²) in [7, 11) is 0. The number of carbonyl (C=O) groups is 1. The van der Waals surface area contributed by atoms with Crippen LogP contribution in [0.5, 0.6) is 0 Å². The van der Waals surface area contributed by atoms with Crippen molar-refractivity contribution < 1.29 is 14.6 Å². The van der Waals surface area contributed by atoms with Gasteiger partial charge in [0.25, 0.3) is 0 Å². The van der Waals surface area contributed by atoms with Crippen molar-refractivity contribution in [2.45, 2.75) is 31.1 Å². The molecule has 2 amide bonds. The largest absolute Gasteiger partial charge is 0.389 e. The van der Waals surface area contributed by atoms with Gasteiger partial charge in [0, 0.05) is 38.4 Å². The molecule has 3 aliphatic rings. The molecule has 0 saturated carbocycles. The van der Waals surface area contributed by atoms with E-state index >= 15 is 0 Å². The van der Waals surface area contributed by atoms with Gasteiger partial charge in [0.1, 0.15) is 0 Å². The van der Waals surface area contributed by atoms with Gasteiger partial charge in [-0.15, -0.1) is 0 Å². The smallest absolute Gasteiger partial charge is 0.316 e. The number of nitrogens with zero attached hydrogens (tertiary/aromatic N) is 2. The number of β-amino-alcohol motifs (C(OH)–C–C–N with tert-alkyl or cyclic N) is 1. The van der Waals surface area contributed by atoms with Crippen molar-refractivity contribution in [1.29, 1.82) is 0 Å². The van der Waals surface area contributed by atoms with Gasteiger partial charge in [-0.05, 0) is 18.9 Å². The lowest BCUT2D eigenvalue weighted by atomic mass is 10.1. The van der Waals surface area contributed by atoms with Crippen LogP contribution in [0, 0.1) is 11.8 Å². The quantitative estimate of drug-likeness (QED) is 0.543. The van der Waals surface area contributed by atoms with Gasteiger partial charge in [-0.2, -0.15) is 0 Å². The Balaban J connectivity index is 1.32. The van der Waals surface area contributed by atoms with E-state index in [2.05, 4.69) is 27.0 Å². The minimum absolute atomic E-state index is 0.102. The van der Waals surface area contributed by atoms with Gasteiger partial charge in [0.05, 0.1) is 29.9 Å². The van der Waals surface area contributed by atoms with Crippen LogP contribution < -0.4 is 11.1 Å². The summed E-state index contributed by atoms with van der Waals surface area (Å²) in [5.74, 6) is 6.17. The Kier molecular flexibility index (Phi) is 7.54. The van der Waals surface area contributed by atoms with Gasteiger partial charge < -0.3 is 20.9 Å². The molecule has 0 spiro atoms. The Morgan fingerprint density at radius 3 is 2.75 bits per heavy atom. The molecule has 8 heteroatoms. The third-order valence-electron chi connectivity index (χ3n) is 5.03. The summed E-state index contributed by atoms with van der Waals surface area (Å²) in [5, 5.41) is 13.5. The third kappa shape index (κ3) is 6.36. The van der Waals surface area contributed by atoms with Crippen LogP contribution >= 0.6 is 11.6 Å². The van der Waals surface area contributed by atoms with Crippen LogP contribution in [-0.4, -0.2) is 78.5 Å². The number of amides is 2. The van der Waals surface area contributed by atoms with Crippen molar-refractivity contribution in [3.05, 3.63) is 35.0 Å². The highest BCUT2D eigenvalue weighted by Crippen LogP contribution is 2.16. The Bertz CT molecular complexity index is 717. The molecular weight excluding hydrogens is 380 g/mol. The summed E-state index contributed by atoms with van der Waals surface area (Å²) in [6.45, 7) is 4.55. The summed E-state index contributed by atoms with van der Waals surface area (Å²) >= 11 is 5.91. The number of aliphatic hydroxyl groups is 1. The molecule has 0 bridgehead atoms. The molecule has 3 atom stereocenters. The lowest BCUT2D eigenvalue weighted by Gasteiger charge is -2.38. The molecule has 1 heterocycles. The molecule has 0 aromatic rings. The molecule has 152 valence electrons. The van der Waals surface area contributed by atoms with Gasteiger partial charge in [0.15, 0.2) is 0 Å². The maximum atomic E-state index is 10.8. The molecule has 1 saturated heterocycles. The van der Waals surface area contributed by atoms with Crippen molar-refractivity contribution in [2.24, 2.45) is 5.73 Å². The summed E-state index contributed by atoms with van der Waals surface area (Å²) in [5.41, 5.74) is 5.76. The Hall–Kier alpha value is -1.82. The monoisotopic (exact) mass is 406 g/mol. The maximum Gasteiger partial charge on any atom is 0.316 e. The minimum Gasteiger partial charge on any atom is -0.389 e. The molecule has 7 nitrogen and oxygen atoms in total. The van der Waals surface area contributed by atoms with Crippen molar-refractivity contribution in [2.75, 3.05) is 39.3 Å². The Morgan fingerprint density at radius 2 is 2.14 bits per heavy atom. The van der Waals surface area contributed by atoms with E-state index in [4.69, 9.17) is 22.1 Å². The highest BCUT2D eigenvalue weighted by atomic mass is 35.5. The number of allylic oxidation sites excluding steroid dienone is 2. The van der Waals surface area contributed by atoms with E-state index in [9.17, 15) is 9.90 Å². The number of nitrogens with two attached hydrogens (primary N) is 1. The Labute approximate surface area is 170 Å². The minimum atomic E-state index is -0.582. The molecule has 1 aliphatic heterocycles. The van der Waals surface area contributed by atoms with Crippen LogP contribution in [0.3, 0.4) is 0 Å². The first-order valence-electron chi connectivity index (χ1n) is 9.57. The van der Waals surface area contributed by atoms with Gasteiger partial charge in [-0.1, -0.05) is 41.7 Å². The summed E-state index contributed by atoms with van der Waals surface area (Å²) in [4.78, 5) is 15.5. The van der Waals surface area contributed by atoms with Crippen LogP contribution in [0.15, 0.2) is 35.0 Å². The van der Waals surface area contributed by atoms with Crippen molar-refractivity contribution >= 4 is 17.6 Å². The van der Waals surface area contributed by atoms with Gasteiger partial charge in [-0.3, -0.25) is 9.80 Å². The van der Waals surface area contributed by atoms with Gasteiger partial charge in [0.2, 0.25) is 0 Å². The first kappa shape index (κ1) is 20.9. The molecule has 0 radical (unpaired) electrons. The van der Waals surface area contributed by atoms with Gasteiger partial charge >= 0.3 is 6.03 Å². The second kappa shape index (κ2) is 10.1. The van der Waals surface area contributed by atoms with Crippen LogP contribution in [0.25, 0.3) is 0 Å². The predicted molar refractivity (Wildman–Crippen MR) is 108 cm³/mol. The zero-order valence-electron chi connectivity index (χ0n) is 15.8. The number of hydrogen-bond donors (Lipinski definition) is 3. The van der Waals surface area contributed by atoms with Crippen LogP contribution in [-0.2, 0) is 4.74 Å². The van der Waals surface area contributed by atoms with Crippen LogP contribution in [0.2, 0.25) is 0 Å². The topological polar surface area (TPSA) is 91.1 Å². The number of aliphatic hydroxyl groups excluding tert-OH is 1. The van der Waals surface area contributed by atoms with E-state index in [-0.39, 0.29) is 18.8 Å². The molecule has 3 rings (SSSR count). The number of ether oxygens (including phenoxy) is 1. The van der Waals surface area contributed by atoms with Crippen LogP contribution in [0.1, 0.15) is 12.8 Å². The number of urea groups is 1. The molecule has 0 aromatic carbocycles. The molecule has 2 aliphatic carbocycles. The van der Waals surface area contributed by atoms with Crippen molar-refractivity contribution in [3.63, 3.8) is 0 Å². The van der Waals surface area contributed by atoms with E-state index in [0.29, 0.717) is 23.7 Å². The lowest BCUT2D eigenvalue weighted by molar-refractivity contribution is -0.0121. The Morgan fingerprint density at radius 1 is 1.36 bits per heavy atom. The van der Waals surface area contributed by atoms with E-state index in [1.165, 1.54) is 0 Å². The third-order valence-corrected chi connectivity index (χ3v) is 5.27. The highest BCUT2D eigenvalue weighted by Gasteiger charge is 2.24. The molecular formula is C20H27ClN4O3. The normalized spacial score (nSPS) is 26.6. The molecule has 2 unspecified atom stereocenters. The summed E-state index contributed by atoms with van der Waals surface area (Å²) in [6, 6.07) is -0.334. The second-order valence-electron chi connectivity index (χ2n) is 7.18. The molecule has 0 aromatic heterocycles. The van der Waals surface area contributed by atoms with Gasteiger partial charge in [-0.25, -0.2) is 4.79 Å². The first-order chi connectivity index (χ1) is 13.5. The maximum absolute atomic E-state index is 10.8. The molecule has 4 N–H and O–H groups in total. The average Bonchev–Trinajstić information content (AvgIpc) is 2.68. The fourth-order valence-electron chi connectivity index (χ4n) is 3.52. The molecule has 1 fully saturated rings. The van der Waals surface area contributed by atoms with Crippen molar-refractivity contribution in [3.8, 4) is 11.8 Å². The SMILES string of the molecule is NC(=O)NC1=CCC(OC[C@@H](O)CN2CCN(C3C#CC(Cl)=CC3)CC2)C=C1. The summed E-state index contributed by atoms with van der Waals surface area (Å²) < 4.78 is 5.77. The zero-order valence-corrected chi connectivity index (χ0v) is 16.6. The average molecular weight is 407 g/mol. The summed E-state index contributed by atoms with van der Waals surface area (Å²) in [6.07, 6.45) is 8.35. The van der Waals surface area contributed by atoms with Crippen molar-refractivity contribution in [1.82, 2.24) is 15.1 Å². The van der Waals surface area contributed by atoms with E-state index in [1.807, 2.05) is 18.2 Å². The lowest BCUT2D eigenvalue weighted by Crippen LogP contribution is -2.52. The van der Waals surface area contributed by atoms with Crippen LogP contribution in [0.4, 0.5) is 4.79 Å². The first-order valence-corrected chi connectivity index (χ1v) is 9.95. The van der Waals surface area contributed by atoms with E-state index < -0.39 is 12.1 Å². The number of primary amides is 1. The highest BCUT2D eigenvalue weighted by molar-refractivity contribution is 6.32. The zero-order chi connectivity index (χ0) is 19.9. The number of nitrogens with one attached hydrogen (secondary N) is 1. The number of hydrogen-bond acceptors (Lipinski definition) is 5. The predicted octanol–water partition coefficient (Wildman–Crippen LogP) is 0.761. The number of halogens is 1. The second-order valence-corrected chi connectivity index (χ2v) is 7.59. The number of piperazine rings is 1. The molecule has 28 heavy (non-hydrogen) atoms.